The Morgan fingerprint density at radius 3 is 2.92 bits per heavy atom. The summed E-state index contributed by atoms with van der Waals surface area (Å²) in [4.78, 5) is 11.2. The zero-order chi connectivity index (χ0) is 8.97. The standard InChI is InChI=1S/C9H13NO2/c1-12-8-3-2-7(6-8)9(11)4-5-10/h7-8H,2-4,6H2,1H3. The number of nitriles is 1. The van der Waals surface area contributed by atoms with Gasteiger partial charge in [0.25, 0.3) is 0 Å². The Kier molecular flexibility index (Phi) is 3.24. The monoisotopic (exact) mass is 167 g/mol. The molecule has 1 saturated carbocycles. The number of methoxy groups -OCH3 is 1. The Morgan fingerprint density at radius 2 is 2.42 bits per heavy atom. The van der Waals surface area contributed by atoms with Crippen LogP contribution >= 0.6 is 0 Å². The number of rotatable bonds is 3. The van der Waals surface area contributed by atoms with E-state index in [1.807, 2.05) is 6.07 Å². The van der Waals surface area contributed by atoms with Crippen molar-refractivity contribution in [2.24, 2.45) is 5.92 Å². The van der Waals surface area contributed by atoms with Gasteiger partial charge in [-0.3, -0.25) is 4.79 Å². The van der Waals surface area contributed by atoms with E-state index in [1.54, 1.807) is 7.11 Å². The normalized spacial score (nSPS) is 28.3. The molecule has 1 aliphatic rings. The van der Waals surface area contributed by atoms with Crippen LogP contribution in [-0.4, -0.2) is 19.0 Å². The first-order chi connectivity index (χ1) is 5.77. The van der Waals surface area contributed by atoms with Gasteiger partial charge in [-0.1, -0.05) is 0 Å². The molecule has 0 aromatic rings. The predicted molar refractivity (Wildman–Crippen MR) is 43.4 cm³/mol. The maximum absolute atomic E-state index is 11.2. The van der Waals surface area contributed by atoms with Crippen LogP contribution in [0.3, 0.4) is 0 Å². The van der Waals surface area contributed by atoms with E-state index in [2.05, 4.69) is 0 Å². The summed E-state index contributed by atoms with van der Waals surface area (Å²) in [5, 5.41) is 8.32. The van der Waals surface area contributed by atoms with E-state index in [0.29, 0.717) is 0 Å². The van der Waals surface area contributed by atoms with E-state index < -0.39 is 0 Å². The molecule has 3 nitrogen and oxygen atoms in total. The van der Waals surface area contributed by atoms with Crippen LogP contribution in [0.15, 0.2) is 0 Å². The topological polar surface area (TPSA) is 50.1 Å². The van der Waals surface area contributed by atoms with Crippen LogP contribution in [0.5, 0.6) is 0 Å². The molecule has 0 aromatic heterocycles. The summed E-state index contributed by atoms with van der Waals surface area (Å²) in [6, 6.07) is 1.89. The third kappa shape index (κ3) is 2.05. The van der Waals surface area contributed by atoms with Gasteiger partial charge < -0.3 is 4.74 Å². The summed E-state index contributed by atoms with van der Waals surface area (Å²) >= 11 is 0. The number of ketones is 1. The van der Waals surface area contributed by atoms with Gasteiger partial charge in [0, 0.05) is 13.0 Å². The second-order valence-corrected chi connectivity index (χ2v) is 3.17. The van der Waals surface area contributed by atoms with Gasteiger partial charge in [0.05, 0.1) is 18.6 Å². The predicted octanol–water partition coefficient (Wildman–Crippen LogP) is 1.28. The van der Waals surface area contributed by atoms with Crippen molar-refractivity contribution in [3.8, 4) is 6.07 Å². The zero-order valence-corrected chi connectivity index (χ0v) is 7.25. The van der Waals surface area contributed by atoms with Crippen LogP contribution < -0.4 is 0 Å². The third-order valence-corrected chi connectivity index (χ3v) is 2.43. The minimum absolute atomic E-state index is 0.0566. The summed E-state index contributed by atoms with van der Waals surface area (Å²) in [5.41, 5.74) is 0. The minimum Gasteiger partial charge on any atom is -0.381 e. The lowest BCUT2D eigenvalue weighted by Crippen LogP contribution is -2.12. The molecule has 1 fully saturated rings. The fourth-order valence-electron chi connectivity index (χ4n) is 1.67. The van der Waals surface area contributed by atoms with Crippen LogP contribution in [-0.2, 0) is 9.53 Å². The highest BCUT2D eigenvalue weighted by molar-refractivity contribution is 5.83. The summed E-state index contributed by atoms with van der Waals surface area (Å²) in [7, 11) is 1.67. The summed E-state index contributed by atoms with van der Waals surface area (Å²) in [6.45, 7) is 0. The Bertz CT molecular complexity index is 207. The number of carbonyl (C=O) groups excluding carboxylic acids is 1. The molecule has 0 spiro atoms. The van der Waals surface area contributed by atoms with E-state index in [-0.39, 0.29) is 24.2 Å². The third-order valence-electron chi connectivity index (χ3n) is 2.43. The molecule has 1 rings (SSSR count). The number of nitrogens with zero attached hydrogens (tertiary/aromatic N) is 1. The van der Waals surface area contributed by atoms with Crippen molar-refractivity contribution < 1.29 is 9.53 Å². The van der Waals surface area contributed by atoms with Gasteiger partial charge in [-0.25, -0.2) is 0 Å². The molecule has 66 valence electrons. The summed E-state index contributed by atoms with van der Waals surface area (Å²) in [5.74, 6) is 0.159. The molecule has 0 aromatic carbocycles. The Morgan fingerprint density at radius 1 is 1.67 bits per heavy atom. The van der Waals surface area contributed by atoms with Crippen molar-refractivity contribution in [1.82, 2.24) is 0 Å². The van der Waals surface area contributed by atoms with Crippen molar-refractivity contribution >= 4 is 5.78 Å². The van der Waals surface area contributed by atoms with Crippen molar-refractivity contribution in [1.29, 1.82) is 5.26 Å². The van der Waals surface area contributed by atoms with Gasteiger partial charge in [0.2, 0.25) is 0 Å². The van der Waals surface area contributed by atoms with E-state index in [0.717, 1.165) is 19.3 Å². The largest absolute Gasteiger partial charge is 0.381 e. The van der Waals surface area contributed by atoms with E-state index in [1.165, 1.54) is 0 Å². The van der Waals surface area contributed by atoms with Crippen LogP contribution in [0.1, 0.15) is 25.7 Å². The fraction of sp³-hybridized carbons (Fsp3) is 0.778. The van der Waals surface area contributed by atoms with Crippen LogP contribution in [0.25, 0.3) is 0 Å². The molecule has 0 bridgehead atoms. The highest BCUT2D eigenvalue weighted by Gasteiger charge is 2.29. The Balaban J connectivity index is 2.37. The fourth-order valence-corrected chi connectivity index (χ4v) is 1.67. The van der Waals surface area contributed by atoms with E-state index in [9.17, 15) is 4.79 Å². The molecule has 0 radical (unpaired) electrons. The van der Waals surface area contributed by atoms with Crippen molar-refractivity contribution in [2.75, 3.05) is 7.11 Å². The first kappa shape index (κ1) is 9.21. The number of hydrogen-bond donors (Lipinski definition) is 0. The molecule has 0 heterocycles. The average Bonchev–Trinajstić information content (AvgIpc) is 2.52. The zero-order valence-electron chi connectivity index (χ0n) is 7.25. The average molecular weight is 167 g/mol. The lowest BCUT2D eigenvalue weighted by molar-refractivity contribution is -0.121. The van der Waals surface area contributed by atoms with Crippen LogP contribution in [0.2, 0.25) is 0 Å². The lowest BCUT2D eigenvalue weighted by atomic mass is 10.0. The quantitative estimate of drug-likeness (QED) is 0.636. The SMILES string of the molecule is COC1CCC(C(=O)CC#N)C1. The van der Waals surface area contributed by atoms with Gasteiger partial charge in [0.1, 0.15) is 5.78 Å². The molecule has 0 N–H and O–H groups in total. The maximum atomic E-state index is 11.2. The van der Waals surface area contributed by atoms with Crippen LogP contribution in [0, 0.1) is 17.2 Å². The van der Waals surface area contributed by atoms with Crippen molar-refractivity contribution in [3.63, 3.8) is 0 Å². The van der Waals surface area contributed by atoms with Gasteiger partial charge >= 0.3 is 0 Å². The molecule has 0 amide bonds. The first-order valence-electron chi connectivity index (χ1n) is 4.20. The Labute approximate surface area is 72.3 Å². The Hall–Kier alpha value is -0.880. The summed E-state index contributed by atoms with van der Waals surface area (Å²) in [6.07, 6.45) is 2.94. The summed E-state index contributed by atoms with van der Waals surface area (Å²) < 4.78 is 5.13. The minimum atomic E-state index is 0.0566. The smallest absolute Gasteiger partial charge is 0.150 e. The van der Waals surface area contributed by atoms with Crippen molar-refractivity contribution in [3.05, 3.63) is 0 Å². The maximum Gasteiger partial charge on any atom is 0.150 e. The molecule has 12 heavy (non-hydrogen) atoms. The lowest BCUT2D eigenvalue weighted by Gasteiger charge is -2.06. The number of ether oxygens (including phenoxy) is 1. The first-order valence-corrected chi connectivity index (χ1v) is 4.20. The molecule has 0 aliphatic heterocycles. The van der Waals surface area contributed by atoms with E-state index >= 15 is 0 Å². The van der Waals surface area contributed by atoms with Gasteiger partial charge in [-0.2, -0.15) is 5.26 Å². The van der Waals surface area contributed by atoms with Crippen molar-refractivity contribution in [2.45, 2.75) is 31.8 Å². The van der Waals surface area contributed by atoms with Gasteiger partial charge in [0.15, 0.2) is 0 Å². The second kappa shape index (κ2) is 4.22. The molecule has 1 aliphatic carbocycles. The molecular formula is C9H13NO2. The number of Topliss-reactive ketones (excluding diaryl/α,β-unsaturated/α-hetero) is 1. The second-order valence-electron chi connectivity index (χ2n) is 3.17. The highest BCUT2D eigenvalue weighted by atomic mass is 16.5. The molecular weight excluding hydrogens is 154 g/mol. The molecule has 0 saturated heterocycles. The van der Waals surface area contributed by atoms with E-state index in [4.69, 9.17) is 10.00 Å². The van der Waals surface area contributed by atoms with Crippen LogP contribution in [0.4, 0.5) is 0 Å². The van der Waals surface area contributed by atoms with Gasteiger partial charge in [-0.15, -0.1) is 0 Å². The highest BCUT2D eigenvalue weighted by Crippen LogP contribution is 2.28. The number of hydrogen-bond acceptors (Lipinski definition) is 3. The van der Waals surface area contributed by atoms with Gasteiger partial charge in [-0.05, 0) is 19.3 Å². The molecule has 2 unspecified atom stereocenters. The number of carbonyl (C=O) groups is 1. The molecule has 2 atom stereocenters. The molecule has 3 heteroatoms.